The molecule has 1 fully saturated rings. The van der Waals surface area contributed by atoms with E-state index in [1.165, 1.54) is 13.0 Å². The summed E-state index contributed by atoms with van der Waals surface area (Å²) in [6, 6.07) is 0. The maximum absolute atomic E-state index is 5.44. The third kappa shape index (κ3) is 4.40. The molecule has 1 aliphatic rings. The number of hydrogen-bond acceptors (Lipinski definition) is 3. The van der Waals surface area contributed by atoms with E-state index in [0.29, 0.717) is 5.41 Å². The molecule has 1 heterocycles. The fraction of sp³-hybridized carbons (Fsp3) is 1.00. The summed E-state index contributed by atoms with van der Waals surface area (Å²) >= 11 is 0. The van der Waals surface area contributed by atoms with E-state index in [-0.39, 0.29) is 0 Å². The highest BCUT2D eigenvalue weighted by Crippen LogP contribution is 2.16. The summed E-state index contributed by atoms with van der Waals surface area (Å²) in [4.78, 5) is 2.52. The zero-order chi connectivity index (χ0) is 10.4. The molecule has 0 amide bonds. The first kappa shape index (κ1) is 12.0. The molecule has 1 aliphatic heterocycles. The molecule has 0 aromatic heterocycles. The lowest BCUT2D eigenvalue weighted by molar-refractivity contribution is 0.130. The first-order chi connectivity index (χ1) is 6.64. The Morgan fingerprint density at radius 2 is 2.07 bits per heavy atom. The molecule has 1 rings (SSSR count). The van der Waals surface area contributed by atoms with Crippen LogP contribution in [0.25, 0.3) is 0 Å². The lowest BCUT2D eigenvalue weighted by Gasteiger charge is -2.31. The summed E-state index contributed by atoms with van der Waals surface area (Å²) in [7, 11) is 2.02. The van der Waals surface area contributed by atoms with Gasteiger partial charge in [-0.25, -0.2) is 0 Å². The summed E-state index contributed by atoms with van der Waals surface area (Å²) in [5.41, 5.74) is 0.360. The first-order valence-electron chi connectivity index (χ1n) is 5.59. The normalized spacial score (nSPS) is 20.8. The Hall–Kier alpha value is -0.120. The molecule has 0 aliphatic carbocycles. The molecule has 3 heteroatoms. The molecule has 0 unspecified atom stereocenters. The van der Waals surface area contributed by atoms with Gasteiger partial charge in [-0.2, -0.15) is 0 Å². The molecule has 3 nitrogen and oxygen atoms in total. The van der Waals surface area contributed by atoms with E-state index < -0.39 is 0 Å². The molecule has 0 atom stereocenters. The Bertz CT molecular complexity index is 151. The van der Waals surface area contributed by atoms with Crippen molar-refractivity contribution in [3.8, 4) is 0 Å². The van der Waals surface area contributed by atoms with Crippen LogP contribution in [0.4, 0.5) is 0 Å². The third-order valence-corrected chi connectivity index (χ3v) is 2.62. The van der Waals surface area contributed by atoms with Crippen LogP contribution in [0, 0.1) is 5.41 Å². The molecule has 0 aromatic rings. The highest BCUT2D eigenvalue weighted by atomic mass is 16.5. The predicted molar refractivity (Wildman–Crippen MR) is 59.6 cm³/mol. The van der Waals surface area contributed by atoms with Crippen molar-refractivity contribution in [2.75, 3.05) is 46.4 Å². The second-order valence-corrected chi connectivity index (χ2v) is 4.94. The summed E-state index contributed by atoms with van der Waals surface area (Å²) in [5, 5.41) is 3.26. The molecule has 1 saturated heterocycles. The Morgan fingerprint density at radius 3 is 2.79 bits per heavy atom. The number of ether oxygens (including phenoxy) is 1. The summed E-state index contributed by atoms with van der Waals surface area (Å²) < 4.78 is 5.44. The van der Waals surface area contributed by atoms with Crippen molar-refractivity contribution in [2.24, 2.45) is 5.41 Å². The van der Waals surface area contributed by atoms with Gasteiger partial charge in [-0.1, -0.05) is 13.8 Å². The molecular weight excluding hydrogens is 176 g/mol. The van der Waals surface area contributed by atoms with Crippen LogP contribution < -0.4 is 5.32 Å². The highest BCUT2D eigenvalue weighted by molar-refractivity contribution is 4.76. The van der Waals surface area contributed by atoms with Crippen molar-refractivity contribution in [3.05, 3.63) is 0 Å². The molecule has 0 radical (unpaired) electrons. The van der Waals surface area contributed by atoms with E-state index in [4.69, 9.17) is 4.74 Å². The fourth-order valence-electron chi connectivity index (χ4n) is 2.10. The van der Waals surface area contributed by atoms with Crippen molar-refractivity contribution in [2.45, 2.75) is 20.3 Å². The van der Waals surface area contributed by atoms with Crippen LogP contribution in [0.1, 0.15) is 20.3 Å². The van der Waals surface area contributed by atoms with Crippen LogP contribution >= 0.6 is 0 Å². The average Bonchev–Trinajstić information content (AvgIpc) is 2.31. The number of nitrogens with zero attached hydrogens (tertiary/aromatic N) is 1. The van der Waals surface area contributed by atoms with Gasteiger partial charge in [-0.05, 0) is 18.9 Å². The molecule has 0 spiro atoms. The van der Waals surface area contributed by atoms with E-state index in [1.54, 1.807) is 0 Å². The van der Waals surface area contributed by atoms with Crippen molar-refractivity contribution >= 4 is 0 Å². The van der Waals surface area contributed by atoms with Gasteiger partial charge in [0.2, 0.25) is 0 Å². The van der Waals surface area contributed by atoms with Crippen LogP contribution in [-0.2, 0) is 4.74 Å². The highest BCUT2D eigenvalue weighted by Gasteiger charge is 2.21. The molecule has 1 N–H and O–H groups in total. The lowest BCUT2D eigenvalue weighted by Crippen LogP contribution is -2.40. The van der Waals surface area contributed by atoms with Crippen molar-refractivity contribution in [3.63, 3.8) is 0 Å². The van der Waals surface area contributed by atoms with E-state index in [0.717, 1.165) is 32.8 Å². The molecule has 0 bridgehead atoms. The smallest absolute Gasteiger partial charge is 0.0593 e. The van der Waals surface area contributed by atoms with Gasteiger partial charge in [0.15, 0.2) is 0 Å². The average molecular weight is 200 g/mol. The van der Waals surface area contributed by atoms with Gasteiger partial charge in [0.05, 0.1) is 6.61 Å². The predicted octanol–water partition coefficient (Wildman–Crippen LogP) is 0.954. The fourth-order valence-corrected chi connectivity index (χ4v) is 2.10. The SMILES string of the molecule is CNCC(C)(C)CN1CCCOCC1. The molecular formula is C11H24N2O. The minimum atomic E-state index is 0.360. The number of hydrogen-bond donors (Lipinski definition) is 1. The standard InChI is InChI=1S/C11H24N2O/c1-11(2,9-12-3)10-13-5-4-7-14-8-6-13/h12H,4-10H2,1-3H3. The van der Waals surface area contributed by atoms with Crippen LogP contribution in [0.3, 0.4) is 0 Å². The van der Waals surface area contributed by atoms with E-state index in [1.807, 2.05) is 7.05 Å². The minimum absolute atomic E-state index is 0.360. The number of nitrogens with one attached hydrogen (secondary N) is 1. The van der Waals surface area contributed by atoms with Crippen LogP contribution in [0.15, 0.2) is 0 Å². The number of rotatable bonds is 4. The second kappa shape index (κ2) is 5.69. The quantitative estimate of drug-likeness (QED) is 0.731. The van der Waals surface area contributed by atoms with Gasteiger partial charge < -0.3 is 15.0 Å². The molecule has 14 heavy (non-hydrogen) atoms. The third-order valence-electron chi connectivity index (χ3n) is 2.62. The van der Waals surface area contributed by atoms with Gasteiger partial charge >= 0.3 is 0 Å². The summed E-state index contributed by atoms with van der Waals surface area (Å²) in [5.74, 6) is 0. The van der Waals surface area contributed by atoms with Crippen molar-refractivity contribution in [1.82, 2.24) is 10.2 Å². The first-order valence-corrected chi connectivity index (χ1v) is 5.59. The second-order valence-electron chi connectivity index (χ2n) is 4.94. The van der Waals surface area contributed by atoms with Gasteiger partial charge in [0, 0.05) is 32.8 Å². The van der Waals surface area contributed by atoms with Crippen molar-refractivity contribution in [1.29, 1.82) is 0 Å². The minimum Gasteiger partial charge on any atom is -0.380 e. The van der Waals surface area contributed by atoms with Gasteiger partial charge in [0.1, 0.15) is 0 Å². The maximum atomic E-state index is 5.44. The van der Waals surface area contributed by atoms with Crippen LogP contribution in [0.5, 0.6) is 0 Å². The Labute approximate surface area is 87.8 Å². The molecule has 84 valence electrons. The summed E-state index contributed by atoms with van der Waals surface area (Å²) in [6.45, 7) is 11.0. The zero-order valence-electron chi connectivity index (χ0n) is 9.81. The van der Waals surface area contributed by atoms with E-state index in [9.17, 15) is 0 Å². The van der Waals surface area contributed by atoms with Gasteiger partial charge in [0.25, 0.3) is 0 Å². The zero-order valence-corrected chi connectivity index (χ0v) is 9.81. The van der Waals surface area contributed by atoms with E-state index in [2.05, 4.69) is 24.1 Å². The largest absolute Gasteiger partial charge is 0.380 e. The Morgan fingerprint density at radius 1 is 1.29 bits per heavy atom. The van der Waals surface area contributed by atoms with Crippen LogP contribution in [-0.4, -0.2) is 51.3 Å². The van der Waals surface area contributed by atoms with Crippen molar-refractivity contribution < 1.29 is 4.74 Å². The van der Waals surface area contributed by atoms with Gasteiger partial charge in [-0.3, -0.25) is 0 Å². The molecule has 0 saturated carbocycles. The Balaban J connectivity index is 2.33. The topological polar surface area (TPSA) is 24.5 Å². The Kier molecular flexibility index (Phi) is 4.85. The monoisotopic (exact) mass is 200 g/mol. The van der Waals surface area contributed by atoms with E-state index >= 15 is 0 Å². The summed E-state index contributed by atoms with van der Waals surface area (Å²) in [6.07, 6.45) is 1.18. The lowest BCUT2D eigenvalue weighted by atomic mass is 9.92. The molecule has 0 aromatic carbocycles. The van der Waals surface area contributed by atoms with Crippen LogP contribution in [0.2, 0.25) is 0 Å². The maximum Gasteiger partial charge on any atom is 0.0593 e. The van der Waals surface area contributed by atoms with Gasteiger partial charge in [-0.15, -0.1) is 0 Å².